The van der Waals surface area contributed by atoms with Crippen LogP contribution in [0.15, 0.2) is 49.6 Å². The summed E-state index contributed by atoms with van der Waals surface area (Å²) < 4.78 is 0. The Labute approximate surface area is 89.9 Å². The fourth-order valence-electron chi connectivity index (χ4n) is 0.802. The highest BCUT2D eigenvalue weighted by Crippen LogP contribution is 1.94. The van der Waals surface area contributed by atoms with Crippen LogP contribution in [-0.2, 0) is 0 Å². The second-order valence-electron chi connectivity index (χ2n) is 3.07. The zero-order valence-corrected chi connectivity index (χ0v) is 10.0. The highest BCUT2D eigenvalue weighted by atomic mass is 31.0. The number of aryl methyl sites for hydroxylation is 1. The zero-order valence-electron chi connectivity index (χ0n) is 8.87. The van der Waals surface area contributed by atoms with E-state index in [1.807, 2.05) is 12.2 Å². The normalized spacial score (nSPS) is 8.43. The smallest absolute Gasteiger partial charge is 0.0302 e. The molecule has 1 atom stereocenters. The molecule has 0 heterocycles. The summed E-state index contributed by atoms with van der Waals surface area (Å²) in [4.78, 5) is 0. The minimum absolute atomic E-state index is 1.06. The molecule has 1 unspecified atom stereocenters. The molecular weight excluding hydrogens is 187 g/mol. The SMILES string of the molecule is C=CCCC=C.Cc1ccc(P)cc1. The van der Waals surface area contributed by atoms with Gasteiger partial charge in [-0.25, -0.2) is 0 Å². The first-order valence-electron chi connectivity index (χ1n) is 4.74. The summed E-state index contributed by atoms with van der Waals surface area (Å²) in [6, 6.07) is 8.37. The summed E-state index contributed by atoms with van der Waals surface area (Å²) in [5.41, 5.74) is 1.32. The van der Waals surface area contributed by atoms with Crippen LogP contribution in [0.1, 0.15) is 18.4 Å². The van der Waals surface area contributed by atoms with Gasteiger partial charge >= 0.3 is 0 Å². The van der Waals surface area contributed by atoms with Crippen molar-refractivity contribution in [3.63, 3.8) is 0 Å². The molecule has 0 aliphatic heterocycles. The number of hydrogen-bond acceptors (Lipinski definition) is 0. The van der Waals surface area contributed by atoms with Crippen molar-refractivity contribution in [2.75, 3.05) is 0 Å². The van der Waals surface area contributed by atoms with Gasteiger partial charge in [-0.05, 0) is 25.1 Å². The quantitative estimate of drug-likeness (QED) is 0.402. The molecule has 0 aliphatic rings. The second kappa shape index (κ2) is 8.72. The molecule has 1 heteroatoms. The number of unbranched alkanes of at least 4 members (excludes halogenated alkanes) is 1. The lowest BCUT2D eigenvalue weighted by atomic mass is 10.2. The molecule has 0 bridgehead atoms. The lowest BCUT2D eigenvalue weighted by molar-refractivity contribution is 1.06. The maximum atomic E-state index is 3.55. The standard InChI is InChI=1S/C7H9P.C6H10/c1-6-2-4-7(8)5-3-6;1-3-5-6-4-2/h2-5H,8H2,1H3;3-4H,1-2,5-6H2. The van der Waals surface area contributed by atoms with Gasteiger partial charge in [0.15, 0.2) is 0 Å². The molecule has 0 N–H and O–H groups in total. The van der Waals surface area contributed by atoms with Gasteiger partial charge in [-0.1, -0.05) is 42.0 Å². The molecule has 0 radical (unpaired) electrons. The van der Waals surface area contributed by atoms with Crippen molar-refractivity contribution in [3.8, 4) is 0 Å². The fourth-order valence-corrected chi connectivity index (χ4v) is 0.995. The van der Waals surface area contributed by atoms with Gasteiger partial charge in [0.25, 0.3) is 0 Å². The average molecular weight is 206 g/mol. The minimum atomic E-state index is 1.06. The molecule has 0 saturated heterocycles. The molecule has 1 aromatic carbocycles. The summed E-state index contributed by atoms with van der Waals surface area (Å²) in [6.45, 7) is 9.19. The second-order valence-corrected chi connectivity index (χ2v) is 3.73. The first-order valence-corrected chi connectivity index (χ1v) is 5.32. The number of rotatable bonds is 3. The Kier molecular flexibility index (Phi) is 8.17. The monoisotopic (exact) mass is 206 g/mol. The average Bonchev–Trinajstić information content (AvgIpc) is 2.20. The number of hydrogen-bond donors (Lipinski definition) is 0. The van der Waals surface area contributed by atoms with Gasteiger partial charge in [-0.2, -0.15) is 0 Å². The van der Waals surface area contributed by atoms with Gasteiger partial charge in [0, 0.05) is 0 Å². The van der Waals surface area contributed by atoms with Crippen LogP contribution >= 0.6 is 9.24 Å². The van der Waals surface area contributed by atoms with E-state index in [-0.39, 0.29) is 0 Å². The van der Waals surface area contributed by atoms with E-state index < -0.39 is 0 Å². The van der Waals surface area contributed by atoms with Crippen LogP contribution in [-0.4, -0.2) is 0 Å². The molecule has 0 saturated carbocycles. The van der Waals surface area contributed by atoms with Crippen molar-refractivity contribution in [1.29, 1.82) is 0 Å². The summed E-state index contributed by atoms with van der Waals surface area (Å²) in [5.74, 6) is 0. The van der Waals surface area contributed by atoms with E-state index in [9.17, 15) is 0 Å². The largest absolute Gasteiger partial charge is 0.106 e. The van der Waals surface area contributed by atoms with Crippen molar-refractivity contribution in [2.24, 2.45) is 0 Å². The van der Waals surface area contributed by atoms with Crippen LogP contribution in [0, 0.1) is 6.92 Å². The summed E-state index contributed by atoms with van der Waals surface area (Å²) in [7, 11) is 2.65. The topological polar surface area (TPSA) is 0 Å². The van der Waals surface area contributed by atoms with Crippen LogP contribution in [0.5, 0.6) is 0 Å². The highest BCUT2D eigenvalue weighted by molar-refractivity contribution is 7.27. The van der Waals surface area contributed by atoms with Gasteiger partial charge in [-0.15, -0.1) is 22.4 Å². The molecule has 0 spiro atoms. The maximum absolute atomic E-state index is 3.55. The van der Waals surface area contributed by atoms with E-state index >= 15 is 0 Å². The van der Waals surface area contributed by atoms with Crippen LogP contribution in [0.3, 0.4) is 0 Å². The molecule has 0 aromatic heterocycles. The van der Waals surface area contributed by atoms with Crippen LogP contribution < -0.4 is 5.30 Å². The molecule has 1 aromatic rings. The Morgan fingerprint density at radius 2 is 1.50 bits per heavy atom. The lowest BCUT2D eigenvalue weighted by Gasteiger charge is -1.89. The molecule has 0 fully saturated rings. The lowest BCUT2D eigenvalue weighted by Crippen LogP contribution is -1.85. The van der Waals surface area contributed by atoms with Crippen molar-refractivity contribution < 1.29 is 0 Å². The van der Waals surface area contributed by atoms with Crippen molar-refractivity contribution in [3.05, 3.63) is 55.1 Å². The van der Waals surface area contributed by atoms with Crippen LogP contribution in [0.4, 0.5) is 0 Å². The van der Waals surface area contributed by atoms with E-state index in [0.717, 1.165) is 12.8 Å². The van der Waals surface area contributed by atoms with Crippen LogP contribution in [0.2, 0.25) is 0 Å². The van der Waals surface area contributed by atoms with Gasteiger partial charge < -0.3 is 0 Å². The predicted octanol–water partition coefficient (Wildman–Crippen LogP) is 3.63. The first kappa shape index (κ1) is 13.1. The first-order chi connectivity index (χ1) is 6.70. The van der Waals surface area contributed by atoms with E-state index in [1.165, 1.54) is 10.9 Å². The third-order valence-corrected chi connectivity index (χ3v) is 2.04. The molecule has 76 valence electrons. The molecule has 0 amide bonds. The molecular formula is C13H19P. The maximum Gasteiger partial charge on any atom is -0.0302 e. The van der Waals surface area contributed by atoms with Gasteiger partial charge in [-0.3, -0.25) is 0 Å². The van der Waals surface area contributed by atoms with E-state index in [1.54, 1.807) is 0 Å². The molecule has 1 rings (SSSR count). The van der Waals surface area contributed by atoms with Crippen molar-refractivity contribution in [2.45, 2.75) is 19.8 Å². The summed E-state index contributed by atoms with van der Waals surface area (Å²) in [5, 5.41) is 1.25. The zero-order chi connectivity index (χ0) is 10.8. The Morgan fingerprint density at radius 3 is 1.79 bits per heavy atom. The van der Waals surface area contributed by atoms with Crippen LogP contribution in [0.25, 0.3) is 0 Å². The van der Waals surface area contributed by atoms with Crippen molar-refractivity contribution >= 4 is 14.5 Å². The van der Waals surface area contributed by atoms with E-state index in [4.69, 9.17) is 0 Å². The third kappa shape index (κ3) is 7.76. The fraction of sp³-hybridized carbons (Fsp3) is 0.231. The molecule has 14 heavy (non-hydrogen) atoms. The van der Waals surface area contributed by atoms with Gasteiger partial charge in [0.1, 0.15) is 0 Å². The van der Waals surface area contributed by atoms with Crippen molar-refractivity contribution in [1.82, 2.24) is 0 Å². The Morgan fingerprint density at radius 1 is 1.07 bits per heavy atom. The van der Waals surface area contributed by atoms with Gasteiger partial charge in [0.05, 0.1) is 0 Å². The number of benzene rings is 1. The summed E-state index contributed by atoms with van der Waals surface area (Å²) in [6.07, 6.45) is 5.90. The van der Waals surface area contributed by atoms with E-state index in [0.29, 0.717) is 0 Å². The highest BCUT2D eigenvalue weighted by Gasteiger charge is 1.79. The number of allylic oxidation sites excluding steroid dienone is 2. The molecule has 0 aliphatic carbocycles. The Balaban J connectivity index is 0.000000255. The van der Waals surface area contributed by atoms with E-state index in [2.05, 4.69) is 53.6 Å². The van der Waals surface area contributed by atoms with Gasteiger partial charge in [0.2, 0.25) is 0 Å². The third-order valence-electron chi connectivity index (χ3n) is 1.65. The Hall–Kier alpha value is -0.870. The predicted molar refractivity (Wildman–Crippen MR) is 70.2 cm³/mol. The molecule has 0 nitrogen and oxygen atoms in total. The minimum Gasteiger partial charge on any atom is -0.106 e. The summed E-state index contributed by atoms with van der Waals surface area (Å²) >= 11 is 0. The Bertz CT molecular complexity index is 230.